The largest absolute Gasteiger partial charge is 0.497 e. The van der Waals surface area contributed by atoms with Crippen LogP contribution in [0.25, 0.3) is 0 Å². The van der Waals surface area contributed by atoms with Crippen molar-refractivity contribution in [2.45, 2.75) is 0 Å². The van der Waals surface area contributed by atoms with Gasteiger partial charge in [-0.25, -0.2) is 0 Å². The lowest BCUT2D eigenvalue weighted by Gasteiger charge is -2.01. The average molecular weight is 206 g/mol. The predicted molar refractivity (Wildman–Crippen MR) is 56.9 cm³/mol. The summed E-state index contributed by atoms with van der Waals surface area (Å²) in [6, 6.07) is 7.47. The summed E-state index contributed by atoms with van der Waals surface area (Å²) in [7, 11) is 4.77. The molecule has 0 aromatic heterocycles. The van der Waals surface area contributed by atoms with E-state index in [2.05, 4.69) is 5.73 Å². The van der Waals surface area contributed by atoms with Crippen LogP contribution in [0, 0.1) is 0 Å². The molecule has 0 fully saturated rings. The van der Waals surface area contributed by atoms with Crippen molar-refractivity contribution in [2.75, 3.05) is 21.3 Å². The molecule has 0 amide bonds. The Morgan fingerprint density at radius 2 is 1.38 bits per heavy atom. The third-order valence-corrected chi connectivity index (χ3v) is 1.28. The topological polar surface area (TPSA) is 44.5 Å². The van der Waals surface area contributed by atoms with Crippen molar-refractivity contribution in [3.63, 3.8) is 0 Å². The number of halogens is 1. The Labute approximate surface area is 85.3 Å². The molecule has 0 bridgehead atoms. The molecule has 0 saturated heterocycles. The summed E-state index contributed by atoms with van der Waals surface area (Å²) < 4.78 is 9.95. The normalized spacial score (nSPS) is 7.38. The summed E-state index contributed by atoms with van der Waals surface area (Å²) in [5.41, 5.74) is 4.50. The zero-order valence-electron chi connectivity index (χ0n) is 8.11. The molecule has 0 saturated carbocycles. The molecule has 0 aliphatic rings. The fourth-order valence-electron chi connectivity index (χ4n) is 0.728. The molecule has 3 nitrogen and oxygen atoms in total. The molecule has 13 heavy (non-hydrogen) atoms. The Hall–Kier alpha value is -0.930. The maximum Gasteiger partial charge on any atom is 0.122 e. The lowest BCUT2D eigenvalue weighted by atomic mass is 10.3. The van der Waals surface area contributed by atoms with Gasteiger partial charge in [0.25, 0.3) is 0 Å². The van der Waals surface area contributed by atoms with Gasteiger partial charge in [0, 0.05) is 6.07 Å². The second-order valence-electron chi connectivity index (χ2n) is 1.88. The van der Waals surface area contributed by atoms with E-state index >= 15 is 0 Å². The maximum atomic E-state index is 4.98. The number of nitrogens with two attached hydrogens (primary N) is 1. The Kier molecular flexibility index (Phi) is 10.3. The summed E-state index contributed by atoms with van der Waals surface area (Å²) in [6.07, 6.45) is 0. The lowest BCUT2D eigenvalue weighted by molar-refractivity contribution is 0.394. The highest BCUT2D eigenvalue weighted by Crippen LogP contribution is 2.17. The van der Waals surface area contributed by atoms with Gasteiger partial charge in [0.2, 0.25) is 0 Å². The van der Waals surface area contributed by atoms with Crippen LogP contribution < -0.4 is 15.2 Å². The van der Waals surface area contributed by atoms with Gasteiger partial charge < -0.3 is 15.2 Å². The molecule has 2 N–H and O–H groups in total. The molecule has 4 heteroatoms. The minimum absolute atomic E-state index is 0. The average Bonchev–Trinajstić information content (AvgIpc) is 2.21. The van der Waals surface area contributed by atoms with Crippen LogP contribution >= 0.6 is 12.4 Å². The van der Waals surface area contributed by atoms with Crippen molar-refractivity contribution in [1.29, 1.82) is 0 Å². The van der Waals surface area contributed by atoms with Crippen LogP contribution in [0.1, 0.15) is 0 Å². The van der Waals surface area contributed by atoms with Gasteiger partial charge in [-0.05, 0) is 19.2 Å². The highest BCUT2D eigenvalue weighted by Gasteiger charge is 1.91. The van der Waals surface area contributed by atoms with Gasteiger partial charge in [-0.1, -0.05) is 6.07 Å². The molecule has 1 rings (SSSR count). The Morgan fingerprint density at radius 1 is 1.00 bits per heavy atom. The van der Waals surface area contributed by atoms with E-state index in [0.717, 1.165) is 11.5 Å². The van der Waals surface area contributed by atoms with E-state index in [4.69, 9.17) is 9.47 Å². The zero-order chi connectivity index (χ0) is 9.40. The van der Waals surface area contributed by atoms with Crippen molar-refractivity contribution >= 4 is 12.4 Å². The van der Waals surface area contributed by atoms with Crippen LogP contribution in [0.3, 0.4) is 0 Å². The third kappa shape index (κ3) is 5.33. The van der Waals surface area contributed by atoms with Crippen molar-refractivity contribution in [3.05, 3.63) is 24.3 Å². The molecule has 1 aromatic carbocycles. The van der Waals surface area contributed by atoms with E-state index in [-0.39, 0.29) is 12.4 Å². The number of rotatable bonds is 2. The number of methoxy groups -OCH3 is 2. The van der Waals surface area contributed by atoms with Gasteiger partial charge in [-0.15, -0.1) is 12.4 Å². The van der Waals surface area contributed by atoms with E-state index in [1.165, 1.54) is 7.05 Å². The minimum atomic E-state index is 0. The molecule has 76 valence electrons. The van der Waals surface area contributed by atoms with Crippen LogP contribution in [0.5, 0.6) is 11.5 Å². The van der Waals surface area contributed by atoms with Crippen LogP contribution in [0.2, 0.25) is 0 Å². The second-order valence-corrected chi connectivity index (χ2v) is 1.88. The maximum absolute atomic E-state index is 4.98. The lowest BCUT2D eigenvalue weighted by Crippen LogP contribution is -1.84. The molecular weight excluding hydrogens is 190 g/mol. The van der Waals surface area contributed by atoms with E-state index < -0.39 is 0 Å². The Bertz CT molecular complexity index is 199. The first-order chi connectivity index (χ1) is 5.86. The summed E-state index contributed by atoms with van der Waals surface area (Å²) >= 11 is 0. The smallest absolute Gasteiger partial charge is 0.122 e. The van der Waals surface area contributed by atoms with Crippen LogP contribution in [-0.4, -0.2) is 21.3 Å². The molecule has 0 spiro atoms. The van der Waals surface area contributed by atoms with Gasteiger partial charge in [0.15, 0.2) is 0 Å². The summed E-state index contributed by atoms with van der Waals surface area (Å²) in [5.74, 6) is 1.64. The van der Waals surface area contributed by atoms with Crippen LogP contribution in [0.15, 0.2) is 24.3 Å². The third-order valence-electron chi connectivity index (χ3n) is 1.28. The van der Waals surface area contributed by atoms with Crippen LogP contribution in [-0.2, 0) is 0 Å². The van der Waals surface area contributed by atoms with Gasteiger partial charge >= 0.3 is 0 Å². The zero-order valence-corrected chi connectivity index (χ0v) is 8.93. The molecule has 0 aliphatic heterocycles. The molecule has 1 aromatic rings. The molecule has 0 radical (unpaired) electrons. The summed E-state index contributed by atoms with van der Waals surface area (Å²) in [4.78, 5) is 0. The van der Waals surface area contributed by atoms with Gasteiger partial charge in [0.1, 0.15) is 11.5 Å². The monoisotopic (exact) mass is 205 g/mol. The fraction of sp³-hybridized carbons (Fsp3) is 0.333. The van der Waals surface area contributed by atoms with E-state index in [9.17, 15) is 0 Å². The minimum Gasteiger partial charge on any atom is -0.497 e. The quantitative estimate of drug-likeness (QED) is 0.800. The van der Waals surface area contributed by atoms with E-state index in [0.29, 0.717) is 0 Å². The first-order valence-electron chi connectivity index (χ1n) is 3.62. The summed E-state index contributed by atoms with van der Waals surface area (Å²) in [5, 5.41) is 0. The van der Waals surface area contributed by atoms with Crippen LogP contribution in [0.4, 0.5) is 0 Å². The number of hydrogen-bond donors (Lipinski definition) is 1. The number of ether oxygens (including phenoxy) is 2. The first kappa shape index (κ1) is 14.6. The van der Waals surface area contributed by atoms with E-state index in [1.807, 2.05) is 24.3 Å². The highest BCUT2D eigenvalue weighted by molar-refractivity contribution is 5.85. The van der Waals surface area contributed by atoms with Gasteiger partial charge in [-0.2, -0.15) is 0 Å². The number of benzene rings is 1. The Balaban J connectivity index is 0. The molecule has 0 unspecified atom stereocenters. The van der Waals surface area contributed by atoms with Gasteiger partial charge in [-0.3, -0.25) is 0 Å². The second kappa shape index (κ2) is 9.16. The van der Waals surface area contributed by atoms with Crippen molar-refractivity contribution in [1.82, 2.24) is 0 Å². The van der Waals surface area contributed by atoms with Crippen molar-refractivity contribution in [2.24, 2.45) is 5.73 Å². The summed E-state index contributed by atoms with van der Waals surface area (Å²) in [6.45, 7) is 0. The van der Waals surface area contributed by atoms with Crippen molar-refractivity contribution < 1.29 is 9.47 Å². The molecular formula is C9H16ClNO2. The molecule has 0 aliphatic carbocycles. The standard InChI is InChI=1S/C8H10O2.CH5N.ClH/c1-9-7-4-3-5-8(6-7)10-2;1-2;/h3-6H,1-2H3;2H2,1H3;1H. The molecule has 0 heterocycles. The first-order valence-corrected chi connectivity index (χ1v) is 3.62. The predicted octanol–water partition coefficient (Wildman–Crippen LogP) is 1.70. The Morgan fingerprint density at radius 3 is 1.69 bits per heavy atom. The highest BCUT2D eigenvalue weighted by atomic mass is 35.5. The molecule has 0 atom stereocenters. The SMILES string of the molecule is CN.COc1cccc(OC)c1.Cl. The van der Waals surface area contributed by atoms with Crippen molar-refractivity contribution in [3.8, 4) is 11.5 Å². The van der Waals surface area contributed by atoms with Gasteiger partial charge in [0.05, 0.1) is 14.2 Å². The fourth-order valence-corrected chi connectivity index (χ4v) is 0.728. The van der Waals surface area contributed by atoms with E-state index in [1.54, 1.807) is 14.2 Å². The number of hydrogen-bond acceptors (Lipinski definition) is 3.